The van der Waals surface area contributed by atoms with Crippen molar-refractivity contribution in [3.05, 3.63) is 48.1 Å². The SMILES string of the molecule is Clc1cnc(N2CCN(c3ncccn3)CC2)nc1N1CCN(c2ncccn2)CC1. The van der Waals surface area contributed by atoms with E-state index in [2.05, 4.69) is 44.5 Å². The summed E-state index contributed by atoms with van der Waals surface area (Å²) in [6.45, 7) is 6.48. The molecule has 0 atom stereocenters. The molecule has 0 aliphatic carbocycles. The van der Waals surface area contributed by atoms with Gasteiger partial charge in [0.05, 0.1) is 6.20 Å². The number of hydrogen-bond donors (Lipinski definition) is 0. The molecule has 0 saturated carbocycles. The van der Waals surface area contributed by atoms with Gasteiger partial charge in [0, 0.05) is 77.1 Å². The van der Waals surface area contributed by atoms with E-state index in [1.54, 1.807) is 31.0 Å². The van der Waals surface area contributed by atoms with Crippen LogP contribution in [0, 0.1) is 0 Å². The van der Waals surface area contributed by atoms with Crippen molar-refractivity contribution >= 4 is 35.3 Å². The molecule has 2 aliphatic heterocycles. The Morgan fingerprint density at radius 1 is 0.548 bits per heavy atom. The van der Waals surface area contributed by atoms with E-state index in [1.165, 1.54) is 0 Å². The van der Waals surface area contributed by atoms with Crippen LogP contribution in [0.4, 0.5) is 23.7 Å². The highest BCUT2D eigenvalue weighted by Gasteiger charge is 2.25. The van der Waals surface area contributed by atoms with E-state index in [1.807, 2.05) is 12.1 Å². The predicted molar refractivity (Wildman–Crippen MR) is 120 cm³/mol. The van der Waals surface area contributed by atoms with Crippen molar-refractivity contribution in [2.45, 2.75) is 0 Å². The van der Waals surface area contributed by atoms with Gasteiger partial charge in [-0.05, 0) is 12.1 Å². The molecule has 31 heavy (non-hydrogen) atoms. The number of piperazine rings is 2. The zero-order chi connectivity index (χ0) is 21.0. The molecule has 0 radical (unpaired) electrons. The fourth-order valence-electron chi connectivity index (χ4n) is 3.86. The molecule has 0 amide bonds. The van der Waals surface area contributed by atoms with Crippen molar-refractivity contribution in [1.29, 1.82) is 0 Å². The number of rotatable bonds is 4. The molecule has 0 bridgehead atoms. The average Bonchev–Trinajstić information content (AvgIpc) is 2.86. The molecule has 3 aromatic rings. The highest BCUT2D eigenvalue weighted by atomic mass is 35.5. The molecular formula is C20H23ClN10. The lowest BCUT2D eigenvalue weighted by molar-refractivity contribution is 0.619. The fourth-order valence-corrected chi connectivity index (χ4v) is 4.07. The van der Waals surface area contributed by atoms with Crippen LogP contribution in [-0.4, -0.2) is 82.3 Å². The van der Waals surface area contributed by atoms with Crippen LogP contribution in [0.5, 0.6) is 0 Å². The normalized spacial score (nSPS) is 17.2. The van der Waals surface area contributed by atoms with Crippen LogP contribution in [0.2, 0.25) is 5.02 Å². The minimum atomic E-state index is 0.574. The maximum absolute atomic E-state index is 6.48. The van der Waals surface area contributed by atoms with Crippen molar-refractivity contribution < 1.29 is 0 Å². The van der Waals surface area contributed by atoms with Gasteiger partial charge in [-0.15, -0.1) is 0 Å². The van der Waals surface area contributed by atoms with Gasteiger partial charge in [-0.2, -0.15) is 4.98 Å². The van der Waals surface area contributed by atoms with Gasteiger partial charge in [0.1, 0.15) is 5.02 Å². The summed E-state index contributed by atoms with van der Waals surface area (Å²) in [5.41, 5.74) is 0. The molecule has 10 nitrogen and oxygen atoms in total. The Morgan fingerprint density at radius 3 is 1.45 bits per heavy atom. The monoisotopic (exact) mass is 438 g/mol. The predicted octanol–water partition coefficient (Wildman–Crippen LogP) is 1.36. The van der Waals surface area contributed by atoms with Gasteiger partial charge in [0.2, 0.25) is 17.8 Å². The van der Waals surface area contributed by atoms with E-state index < -0.39 is 0 Å². The van der Waals surface area contributed by atoms with Gasteiger partial charge in [0.25, 0.3) is 0 Å². The second kappa shape index (κ2) is 8.84. The van der Waals surface area contributed by atoms with Crippen molar-refractivity contribution in [1.82, 2.24) is 29.9 Å². The molecule has 0 N–H and O–H groups in total. The summed E-state index contributed by atoms with van der Waals surface area (Å²) in [4.78, 5) is 35.5. The number of hydrogen-bond acceptors (Lipinski definition) is 10. The molecule has 5 rings (SSSR count). The van der Waals surface area contributed by atoms with Crippen LogP contribution in [0.25, 0.3) is 0 Å². The minimum Gasteiger partial charge on any atom is -0.352 e. The van der Waals surface area contributed by atoms with Crippen molar-refractivity contribution in [3.8, 4) is 0 Å². The van der Waals surface area contributed by atoms with Crippen LogP contribution in [0.3, 0.4) is 0 Å². The molecule has 3 aromatic heterocycles. The fraction of sp³-hybridized carbons (Fsp3) is 0.400. The number of nitrogens with zero attached hydrogens (tertiary/aromatic N) is 10. The molecule has 0 spiro atoms. The lowest BCUT2D eigenvalue weighted by Crippen LogP contribution is -2.48. The summed E-state index contributed by atoms with van der Waals surface area (Å²) >= 11 is 6.48. The smallest absolute Gasteiger partial charge is 0.227 e. The number of anilines is 4. The van der Waals surface area contributed by atoms with Gasteiger partial charge in [-0.3, -0.25) is 0 Å². The summed E-state index contributed by atoms with van der Waals surface area (Å²) in [7, 11) is 0. The van der Waals surface area contributed by atoms with Crippen molar-refractivity contribution in [3.63, 3.8) is 0 Å². The third kappa shape index (κ3) is 4.29. The third-order valence-electron chi connectivity index (χ3n) is 5.52. The quantitative estimate of drug-likeness (QED) is 0.594. The molecule has 0 unspecified atom stereocenters. The minimum absolute atomic E-state index is 0.574. The lowest BCUT2D eigenvalue weighted by Gasteiger charge is -2.37. The van der Waals surface area contributed by atoms with Crippen LogP contribution in [-0.2, 0) is 0 Å². The van der Waals surface area contributed by atoms with Crippen LogP contribution >= 0.6 is 11.6 Å². The molecule has 2 aliphatic rings. The van der Waals surface area contributed by atoms with Gasteiger partial charge in [0.15, 0.2) is 5.82 Å². The third-order valence-corrected chi connectivity index (χ3v) is 5.79. The first-order chi connectivity index (χ1) is 15.3. The summed E-state index contributed by atoms with van der Waals surface area (Å²) in [6, 6.07) is 3.66. The Morgan fingerprint density at radius 2 is 0.968 bits per heavy atom. The Balaban J connectivity index is 1.24. The molecule has 5 heterocycles. The topological polar surface area (TPSA) is 90.3 Å². The zero-order valence-electron chi connectivity index (χ0n) is 17.0. The molecular weight excluding hydrogens is 416 g/mol. The molecule has 2 saturated heterocycles. The van der Waals surface area contributed by atoms with Crippen molar-refractivity contribution in [2.24, 2.45) is 0 Å². The maximum atomic E-state index is 6.48. The van der Waals surface area contributed by atoms with E-state index in [9.17, 15) is 0 Å². The van der Waals surface area contributed by atoms with Gasteiger partial charge < -0.3 is 19.6 Å². The summed E-state index contributed by atoms with van der Waals surface area (Å²) in [5.74, 6) is 3.02. The summed E-state index contributed by atoms with van der Waals surface area (Å²) < 4.78 is 0. The van der Waals surface area contributed by atoms with E-state index in [4.69, 9.17) is 16.6 Å². The van der Waals surface area contributed by atoms with Gasteiger partial charge in [-0.25, -0.2) is 24.9 Å². The van der Waals surface area contributed by atoms with E-state index in [-0.39, 0.29) is 0 Å². The maximum Gasteiger partial charge on any atom is 0.227 e. The molecule has 2 fully saturated rings. The van der Waals surface area contributed by atoms with Crippen LogP contribution in [0.1, 0.15) is 0 Å². The van der Waals surface area contributed by atoms with Crippen LogP contribution in [0.15, 0.2) is 43.1 Å². The summed E-state index contributed by atoms with van der Waals surface area (Å²) in [6.07, 6.45) is 8.79. The molecule has 11 heteroatoms. The second-order valence-corrected chi connectivity index (χ2v) is 7.79. The lowest BCUT2D eigenvalue weighted by atomic mass is 10.3. The zero-order valence-corrected chi connectivity index (χ0v) is 17.8. The van der Waals surface area contributed by atoms with Gasteiger partial charge in [-0.1, -0.05) is 11.6 Å². The first-order valence-electron chi connectivity index (χ1n) is 10.3. The summed E-state index contributed by atoms with van der Waals surface area (Å²) in [5, 5.41) is 0.574. The average molecular weight is 439 g/mol. The highest BCUT2D eigenvalue weighted by Crippen LogP contribution is 2.27. The Bertz CT molecular complexity index is 989. The molecule has 0 aromatic carbocycles. The number of halogens is 1. The van der Waals surface area contributed by atoms with Crippen molar-refractivity contribution in [2.75, 3.05) is 72.0 Å². The second-order valence-electron chi connectivity index (χ2n) is 7.39. The standard InChI is InChI=1S/C20H23ClN10/c21-16-15-26-20(31-13-11-30(12-14-31)19-24-5-2-6-25-19)27-17(16)28-7-9-29(10-8-28)18-22-3-1-4-23-18/h1-6,15H,7-14H2. The van der Waals surface area contributed by atoms with E-state index in [0.29, 0.717) is 11.0 Å². The first kappa shape index (κ1) is 19.7. The Kier molecular flexibility index (Phi) is 5.61. The Labute approximate surface area is 185 Å². The first-order valence-corrected chi connectivity index (χ1v) is 10.7. The van der Waals surface area contributed by atoms with Crippen LogP contribution < -0.4 is 19.6 Å². The highest BCUT2D eigenvalue weighted by molar-refractivity contribution is 6.32. The Hall–Kier alpha value is -3.27. The van der Waals surface area contributed by atoms with E-state index in [0.717, 1.165) is 70.1 Å². The largest absolute Gasteiger partial charge is 0.352 e. The number of aromatic nitrogens is 6. The van der Waals surface area contributed by atoms with E-state index >= 15 is 0 Å². The van der Waals surface area contributed by atoms with Gasteiger partial charge >= 0.3 is 0 Å². The molecule has 160 valence electrons.